The van der Waals surface area contributed by atoms with Crippen LogP contribution in [-0.4, -0.2) is 23.6 Å². The molecule has 0 spiro atoms. The fourth-order valence-corrected chi connectivity index (χ4v) is 3.36. The lowest BCUT2D eigenvalue weighted by Gasteiger charge is -2.22. The maximum Gasteiger partial charge on any atom is 0.0172 e. The number of hydrogen-bond donors (Lipinski definition) is 1. The summed E-state index contributed by atoms with van der Waals surface area (Å²) in [4.78, 5) is 0. The average Bonchev–Trinajstić information content (AvgIpc) is 2.76. The van der Waals surface area contributed by atoms with Gasteiger partial charge in [-0.2, -0.15) is 11.8 Å². The van der Waals surface area contributed by atoms with Crippen LogP contribution >= 0.6 is 11.8 Å². The van der Waals surface area contributed by atoms with E-state index in [1.54, 1.807) is 0 Å². The molecule has 1 saturated heterocycles. The highest BCUT2D eigenvalue weighted by molar-refractivity contribution is 8.00. The minimum Gasteiger partial charge on any atom is -0.313 e. The van der Waals surface area contributed by atoms with Crippen molar-refractivity contribution in [3.8, 4) is 0 Å². The van der Waals surface area contributed by atoms with Gasteiger partial charge in [0.1, 0.15) is 0 Å². The Bertz CT molecular complexity index is 155. The second kappa shape index (κ2) is 7.56. The van der Waals surface area contributed by atoms with Crippen molar-refractivity contribution in [2.75, 3.05) is 12.3 Å². The van der Waals surface area contributed by atoms with E-state index in [1.807, 2.05) is 0 Å². The number of hydrogen-bond acceptors (Lipinski definition) is 2. The van der Waals surface area contributed by atoms with Crippen molar-refractivity contribution in [1.82, 2.24) is 5.32 Å². The molecule has 0 amide bonds. The minimum absolute atomic E-state index is 0.751. The fraction of sp³-hybridized carbons (Fsp3) is 1.00. The molecule has 0 aromatic heterocycles. The van der Waals surface area contributed by atoms with E-state index in [0.29, 0.717) is 0 Å². The number of rotatable bonds is 7. The molecule has 3 unspecified atom stereocenters. The molecular weight excluding hydrogens is 202 g/mol. The van der Waals surface area contributed by atoms with Gasteiger partial charge >= 0.3 is 0 Å². The molecule has 1 aliphatic rings. The smallest absolute Gasteiger partial charge is 0.0172 e. The van der Waals surface area contributed by atoms with Crippen LogP contribution in [0.1, 0.15) is 52.9 Å². The van der Waals surface area contributed by atoms with Crippen LogP contribution in [0.4, 0.5) is 0 Å². The molecule has 1 aliphatic heterocycles. The topological polar surface area (TPSA) is 12.0 Å². The SMILES string of the molecule is CCC(C)CC(CC)NCC1CCCS1. The van der Waals surface area contributed by atoms with Gasteiger partial charge < -0.3 is 5.32 Å². The molecule has 0 aromatic carbocycles. The van der Waals surface area contributed by atoms with Gasteiger partial charge in [-0.1, -0.05) is 27.2 Å². The van der Waals surface area contributed by atoms with Crippen LogP contribution in [0.15, 0.2) is 0 Å². The average molecular weight is 229 g/mol. The molecular formula is C13H27NS. The summed E-state index contributed by atoms with van der Waals surface area (Å²) in [6, 6.07) is 0.751. The molecule has 15 heavy (non-hydrogen) atoms. The van der Waals surface area contributed by atoms with Crippen molar-refractivity contribution in [1.29, 1.82) is 0 Å². The van der Waals surface area contributed by atoms with Gasteiger partial charge in [-0.25, -0.2) is 0 Å². The van der Waals surface area contributed by atoms with Gasteiger partial charge in [-0.3, -0.25) is 0 Å². The molecule has 1 fully saturated rings. The maximum atomic E-state index is 3.76. The van der Waals surface area contributed by atoms with Gasteiger partial charge in [-0.05, 0) is 37.4 Å². The molecule has 1 rings (SSSR count). The summed E-state index contributed by atoms with van der Waals surface area (Å²) in [6.45, 7) is 8.21. The van der Waals surface area contributed by atoms with Gasteiger partial charge in [0, 0.05) is 17.8 Å². The Morgan fingerprint density at radius 3 is 2.67 bits per heavy atom. The van der Waals surface area contributed by atoms with E-state index in [0.717, 1.165) is 17.2 Å². The summed E-state index contributed by atoms with van der Waals surface area (Å²) < 4.78 is 0. The van der Waals surface area contributed by atoms with Crippen LogP contribution in [0.3, 0.4) is 0 Å². The molecule has 0 saturated carbocycles. The quantitative estimate of drug-likeness (QED) is 0.714. The molecule has 1 heterocycles. The molecule has 1 N–H and O–H groups in total. The highest BCUT2D eigenvalue weighted by Crippen LogP contribution is 2.25. The zero-order valence-electron chi connectivity index (χ0n) is 10.6. The molecule has 0 bridgehead atoms. The largest absolute Gasteiger partial charge is 0.313 e. The lowest BCUT2D eigenvalue weighted by molar-refractivity contribution is 0.385. The molecule has 90 valence electrons. The van der Waals surface area contributed by atoms with Crippen molar-refractivity contribution in [2.45, 2.75) is 64.2 Å². The summed E-state index contributed by atoms with van der Waals surface area (Å²) in [6.07, 6.45) is 6.80. The first-order chi connectivity index (χ1) is 7.26. The second-order valence-electron chi connectivity index (χ2n) is 4.90. The Labute approximate surface area is 99.8 Å². The minimum atomic E-state index is 0.751. The van der Waals surface area contributed by atoms with E-state index in [9.17, 15) is 0 Å². The molecule has 2 heteroatoms. The predicted octanol–water partition coefficient (Wildman–Crippen LogP) is 3.69. The zero-order chi connectivity index (χ0) is 11.1. The number of thioether (sulfide) groups is 1. The highest BCUT2D eigenvalue weighted by atomic mass is 32.2. The summed E-state index contributed by atoms with van der Waals surface area (Å²) in [5.74, 6) is 2.26. The normalized spacial score (nSPS) is 25.4. The van der Waals surface area contributed by atoms with E-state index in [2.05, 4.69) is 37.8 Å². The van der Waals surface area contributed by atoms with E-state index < -0.39 is 0 Å². The fourth-order valence-electron chi connectivity index (χ4n) is 2.15. The molecule has 0 aromatic rings. The van der Waals surface area contributed by atoms with Gasteiger partial charge in [0.25, 0.3) is 0 Å². The second-order valence-corrected chi connectivity index (χ2v) is 6.31. The van der Waals surface area contributed by atoms with Crippen LogP contribution < -0.4 is 5.32 Å². The van der Waals surface area contributed by atoms with Crippen molar-refractivity contribution in [2.24, 2.45) is 5.92 Å². The Balaban J connectivity index is 2.14. The van der Waals surface area contributed by atoms with Crippen molar-refractivity contribution in [3.63, 3.8) is 0 Å². The Morgan fingerprint density at radius 1 is 1.33 bits per heavy atom. The summed E-state index contributed by atoms with van der Waals surface area (Å²) >= 11 is 2.16. The van der Waals surface area contributed by atoms with Crippen molar-refractivity contribution < 1.29 is 0 Å². The predicted molar refractivity (Wildman–Crippen MR) is 71.6 cm³/mol. The Kier molecular flexibility index (Phi) is 6.74. The zero-order valence-corrected chi connectivity index (χ0v) is 11.4. The van der Waals surface area contributed by atoms with Gasteiger partial charge in [0.15, 0.2) is 0 Å². The maximum absolute atomic E-state index is 3.76. The van der Waals surface area contributed by atoms with Crippen molar-refractivity contribution >= 4 is 11.8 Å². The summed E-state index contributed by atoms with van der Waals surface area (Å²) in [5, 5.41) is 4.65. The van der Waals surface area contributed by atoms with Crippen LogP contribution in [-0.2, 0) is 0 Å². The monoisotopic (exact) mass is 229 g/mol. The third-order valence-electron chi connectivity index (χ3n) is 3.53. The van der Waals surface area contributed by atoms with E-state index >= 15 is 0 Å². The highest BCUT2D eigenvalue weighted by Gasteiger charge is 2.17. The lowest BCUT2D eigenvalue weighted by atomic mass is 9.98. The van der Waals surface area contributed by atoms with Gasteiger partial charge in [0.05, 0.1) is 0 Å². The van der Waals surface area contributed by atoms with E-state index in [1.165, 1.54) is 44.4 Å². The standard InChI is InChI=1S/C13H27NS/c1-4-11(3)9-12(5-2)14-10-13-7-6-8-15-13/h11-14H,4-10H2,1-3H3. The van der Waals surface area contributed by atoms with Gasteiger partial charge in [-0.15, -0.1) is 0 Å². The first kappa shape index (κ1) is 13.4. The third kappa shape index (κ3) is 5.26. The van der Waals surface area contributed by atoms with Crippen LogP contribution in [0.2, 0.25) is 0 Å². The molecule has 0 radical (unpaired) electrons. The Hall–Kier alpha value is 0.310. The number of nitrogens with one attached hydrogen (secondary N) is 1. The summed E-state index contributed by atoms with van der Waals surface area (Å²) in [7, 11) is 0. The van der Waals surface area contributed by atoms with E-state index in [-0.39, 0.29) is 0 Å². The van der Waals surface area contributed by atoms with E-state index in [4.69, 9.17) is 0 Å². The van der Waals surface area contributed by atoms with Crippen LogP contribution in [0.5, 0.6) is 0 Å². The van der Waals surface area contributed by atoms with Crippen LogP contribution in [0.25, 0.3) is 0 Å². The first-order valence-electron chi connectivity index (χ1n) is 6.61. The van der Waals surface area contributed by atoms with Crippen molar-refractivity contribution in [3.05, 3.63) is 0 Å². The first-order valence-corrected chi connectivity index (χ1v) is 7.66. The third-order valence-corrected chi connectivity index (χ3v) is 4.93. The Morgan fingerprint density at radius 2 is 2.13 bits per heavy atom. The molecule has 0 aliphatic carbocycles. The van der Waals surface area contributed by atoms with Gasteiger partial charge in [0.2, 0.25) is 0 Å². The van der Waals surface area contributed by atoms with Crippen LogP contribution in [0, 0.1) is 5.92 Å². The molecule has 3 atom stereocenters. The summed E-state index contributed by atoms with van der Waals surface area (Å²) in [5.41, 5.74) is 0. The molecule has 1 nitrogen and oxygen atoms in total. The lowest BCUT2D eigenvalue weighted by Crippen LogP contribution is -2.34.